The third kappa shape index (κ3) is 5.07. The molecule has 0 aliphatic carbocycles. The van der Waals surface area contributed by atoms with Crippen LogP contribution < -0.4 is 0 Å². The van der Waals surface area contributed by atoms with Crippen LogP contribution in [0.5, 0.6) is 0 Å². The van der Waals surface area contributed by atoms with Gasteiger partial charge in [-0.1, -0.05) is 146 Å². The van der Waals surface area contributed by atoms with E-state index >= 15 is 0 Å². The van der Waals surface area contributed by atoms with Crippen molar-refractivity contribution in [1.29, 1.82) is 0 Å². The lowest BCUT2D eigenvalue weighted by atomic mass is 10.0. The zero-order valence-corrected chi connectivity index (χ0v) is 31.3. The zero-order chi connectivity index (χ0) is 38.2. The van der Waals surface area contributed by atoms with Gasteiger partial charge >= 0.3 is 0 Å². The molecule has 0 aliphatic rings. The van der Waals surface area contributed by atoms with Crippen molar-refractivity contribution in [1.82, 2.24) is 24.1 Å². The van der Waals surface area contributed by atoms with Crippen LogP contribution in [0.1, 0.15) is 0 Å². The van der Waals surface area contributed by atoms with Gasteiger partial charge in [0.25, 0.3) is 0 Å². The first-order valence-electron chi connectivity index (χ1n) is 19.6. The molecule has 0 spiro atoms. The number of nitrogens with zero attached hydrogens (tertiary/aromatic N) is 5. The maximum absolute atomic E-state index is 5.24. The Morgan fingerprint density at radius 3 is 1.52 bits per heavy atom. The minimum absolute atomic E-state index is 0.622. The Labute approximate surface area is 333 Å². The van der Waals surface area contributed by atoms with Crippen LogP contribution in [-0.2, 0) is 0 Å². The SMILES string of the molecule is c1ccc(-c2nc(-c3ccc4ccccc4c3)nc(-c3cc(-n4c5ccccc5c5cc6c7ccccc7n(-c7ccccc7)c6cc54)c4ccccc4c3)n2)cc1. The summed E-state index contributed by atoms with van der Waals surface area (Å²) in [4.78, 5) is 15.5. The Kier molecular flexibility index (Phi) is 7.16. The Morgan fingerprint density at radius 2 is 0.793 bits per heavy atom. The molecule has 0 aliphatic heterocycles. The third-order valence-corrected chi connectivity index (χ3v) is 11.5. The predicted octanol–water partition coefficient (Wildman–Crippen LogP) is 13.4. The van der Waals surface area contributed by atoms with Gasteiger partial charge in [-0.15, -0.1) is 0 Å². The second-order valence-electron chi connectivity index (χ2n) is 14.9. The molecule has 5 heteroatoms. The van der Waals surface area contributed by atoms with Crippen molar-refractivity contribution >= 4 is 65.2 Å². The fourth-order valence-electron chi connectivity index (χ4n) is 8.83. The first-order valence-corrected chi connectivity index (χ1v) is 19.6. The van der Waals surface area contributed by atoms with Gasteiger partial charge in [0.2, 0.25) is 0 Å². The van der Waals surface area contributed by atoms with E-state index in [1.54, 1.807) is 0 Å². The molecule has 0 radical (unpaired) electrons. The molecule has 3 heterocycles. The molecular formula is C53H33N5. The summed E-state index contributed by atoms with van der Waals surface area (Å²) in [5.74, 6) is 1.89. The van der Waals surface area contributed by atoms with Crippen molar-refractivity contribution in [3.8, 4) is 45.5 Å². The van der Waals surface area contributed by atoms with Crippen molar-refractivity contribution in [3.05, 3.63) is 200 Å². The van der Waals surface area contributed by atoms with E-state index < -0.39 is 0 Å². The number of para-hydroxylation sites is 3. The van der Waals surface area contributed by atoms with E-state index in [1.807, 2.05) is 18.2 Å². The minimum Gasteiger partial charge on any atom is -0.309 e. The van der Waals surface area contributed by atoms with Gasteiger partial charge in [0.1, 0.15) is 0 Å². The average molecular weight is 740 g/mol. The van der Waals surface area contributed by atoms with Crippen molar-refractivity contribution in [2.75, 3.05) is 0 Å². The monoisotopic (exact) mass is 739 g/mol. The van der Waals surface area contributed by atoms with E-state index in [2.05, 4.69) is 191 Å². The Bertz CT molecular complexity index is 3560. The fraction of sp³-hybridized carbons (Fsp3) is 0. The van der Waals surface area contributed by atoms with E-state index in [1.165, 1.54) is 32.4 Å². The molecule has 12 aromatic rings. The van der Waals surface area contributed by atoms with Crippen molar-refractivity contribution in [3.63, 3.8) is 0 Å². The largest absolute Gasteiger partial charge is 0.309 e. The zero-order valence-electron chi connectivity index (χ0n) is 31.3. The highest BCUT2D eigenvalue weighted by atomic mass is 15.0. The molecule has 0 unspecified atom stereocenters. The maximum Gasteiger partial charge on any atom is 0.164 e. The molecule has 58 heavy (non-hydrogen) atoms. The minimum atomic E-state index is 0.622. The van der Waals surface area contributed by atoms with Crippen LogP contribution in [0.4, 0.5) is 0 Å². The van der Waals surface area contributed by atoms with E-state index in [9.17, 15) is 0 Å². The normalized spacial score (nSPS) is 11.8. The molecule has 0 amide bonds. The summed E-state index contributed by atoms with van der Waals surface area (Å²) in [5, 5.41) is 9.44. The number of benzene rings is 9. The van der Waals surface area contributed by atoms with Crippen molar-refractivity contribution < 1.29 is 0 Å². The van der Waals surface area contributed by atoms with Gasteiger partial charge < -0.3 is 9.13 Å². The predicted molar refractivity (Wildman–Crippen MR) is 240 cm³/mol. The maximum atomic E-state index is 5.24. The molecule has 0 fully saturated rings. The molecule has 270 valence electrons. The van der Waals surface area contributed by atoms with Gasteiger partial charge in [0, 0.05) is 49.3 Å². The van der Waals surface area contributed by atoms with Crippen molar-refractivity contribution in [2.24, 2.45) is 0 Å². The number of hydrogen-bond donors (Lipinski definition) is 0. The summed E-state index contributed by atoms with van der Waals surface area (Å²) in [6.07, 6.45) is 0. The van der Waals surface area contributed by atoms with E-state index in [-0.39, 0.29) is 0 Å². The van der Waals surface area contributed by atoms with Crippen LogP contribution in [0.3, 0.4) is 0 Å². The highest BCUT2D eigenvalue weighted by Gasteiger charge is 2.21. The smallest absolute Gasteiger partial charge is 0.164 e. The third-order valence-electron chi connectivity index (χ3n) is 11.5. The Balaban J connectivity index is 1.15. The standard InChI is InChI=1S/C53H33N5/c1-3-16-35(17-4-1)51-54-52(38-28-27-34-15-7-8-18-36(34)29-38)56-53(55-51)39-30-37-19-9-10-22-41(37)48(31-39)58-47-26-14-12-24-43(47)45-32-44-42-23-11-13-25-46(42)57(49(44)33-50(45)58)40-20-5-2-6-21-40/h1-33H. The van der Waals surface area contributed by atoms with Crippen LogP contribution in [0.15, 0.2) is 200 Å². The van der Waals surface area contributed by atoms with Crippen LogP contribution in [0, 0.1) is 0 Å². The second kappa shape index (κ2) is 12.8. The van der Waals surface area contributed by atoms with Crippen LogP contribution in [0.25, 0.3) is 111 Å². The second-order valence-corrected chi connectivity index (χ2v) is 14.9. The topological polar surface area (TPSA) is 48.5 Å². The van der Waals surface area contributed by atoms with Gasteiger partial charge in [-0.25, -0.2) is 15.0 Å². The molecule has 9 aromatic carbocycles. The lowest BCUT2D eigenvalue weighted by Crippen LogP contribution is -2.02. The summed E-state index contributed by atoms with van der Waals surface area (Å²) in [6.45, 7) is 0. The van der Waals surface area contributed by atoms with Gasteiger partial charge in [0.15, 0.2) is 17.5 Å². The highest BCUT2D eigenvalue weighted by Crippen LogP contribution is 2.41. The summed E-state index contributed by atoms with van der Waals surface area (Å²) < 4.78 is 4.83. The van der Waals surface area contributed by atoms with Crippen LogP contribution in [0.2, 0.25) is 0 Å². The van der Waals surface area contributed by atoms with Crippen LogP contribution >= 0.6 is 0 Å². The molecule has 0 bridgehead atoms. The quantitative estimate of drug-likeness (QED) is 0.177. The molecule has 0 N–H and O–H groups in total. The lowest BCUT2D eigenvalue weighted by Gasteiger charge is -2.15. The summed E-state index contributed by atoms with van der Waals surface area (Å²) in [7, 11) is 0. The molecule has 5 nitrogen and oxygen atoms in total. The molecule has 12 rings (SSSR count). The molecule has 3 aromatic heterocycles. The number of hydrogen-bond acceptors (Lipinski definition) is 3. The van der Waals surface area contributed by atoms with E-state index in [4.69, 9.17) is 15.0 Å². The molecular weight excluding hydrogens is 707 g/mol. The number of rotatable bonds is 5. The highest BCUT2D eigenvalue weighted by molar-refractivity contribution is 6.19. The molecule has 0 saturated carbocycles. The molecule has 0 saturated heterocycles. The van der Waals surface area contributed by atoms with Crippen LogP contribution in [-0.4, -0.2) is 24.1 Å². The average Bonchev–Trinajstić information content (AvgIpc) is 3.80. The van der Waals surface area contributed by atoms with Gasteiger partial charge in [-0.05, 0) is 70.8 Å². The Morgan fingerprint density at radius 1 is 0.276 bits per heavy atom. The summed E-state index contributed by atoms with van der Waals surface area (Å²) in [6, 6.07) is 71.0. The number of aromatic nitrogens is 5. The van der Waals surface area contributed by atoms with Gasteiger partial charge in [-0.3, -0.25) is 0 Å². The summed E-state index contributed by atoms with van der Waals surface area (Å²) >= 11 is 0. The number of fused-ring (bicyclic) bond motifs is 8. The Hall–Kier alpha value is -7.89. The van der Waals surface area contributed by atoms with E-state index in [0.29, 0.717) is 17.5 Å². The van der Waals surface area contributed by atoms with Crippen molar-refractivity contribution in [2.45, 2.75) is 0 Å². The fourth-order valence-corrected chi connectivity index (χ4v) is 8.83. The first kappa shape index (κ1) is 32.4. The molecule has 0 atom stereocenters. The van der Waals surface area contributed by atoms with Gasteiger partial charge in [0.05, 0.1) is 27.8 Å². The summed E-state index contributed by atoms with van der Waals surface area (Å²) in [5.41, 5.74) is 9.62. The lowest BCUT2D eigenvalue weighted by molar-refractivity contribution is 1.07. The van der Waals surface area contributed by atoms with E-state index in [0.717, 1.165) is 60.8 Å². The van der Waals surface area contributed by atoms with Gasteiger partial charge in [-0.2, -0.15) is 0 Å². The first-order chi connectivity index (χ1) is 28.7.